The molecule has 37 heavy (non-hydrogen) atoms. The molecular formula is C34H46O2S. The van der Waals surface area contributed by atoms with Gasteiger partial charge in [-0.25, -0.2) is 0 Å². The molecule has 0 amide bonds. The van der Waals surface area contributed by atoms with Crippen molar-refractivity contribution in [2.45, 2.75) is 121 Å². The zero-order valence-corrected chi connectivity index (χ0v) is 24.1. The van der Waals surface area contributed by atoms with E-state index in [0.29, 0.717) is 16.4 Å². The van der Waals surface area contributed by atoms with Crippen molar-refractivity contribution in [1.82, 2.24) is 0 Å². The predicted molar refractivity (Wildman–Crippen MR) is 160 cm³/mol. The number of hydrogen-bond acceptors (Lipinski definition) is 3. The van der Waals surface area contributed by atoms with E-state index in [-0.39, 0.29) is 11.6 Å². The second-order valence-corrected chi connectivity index (χ2v) is 11.7. The Bertz CT molecular complexity index is 1040. The number of rotatable bonds is 17. The summed E-state index contributed by atoms with van der Waals surface area (Å²) in [6.07, 6.45) is 20.1. The van der Waals surface area contributed by atoms with Gasteiger partial charge in [0.2, 0.25) is 5.78 Å². The third kappa shape index (κ3) is 8.70. The first-order valence-corrected chi connectivity index (χ1v) is 15.6. The van der Waals surface area contributed by atoms with Crippen LogP contribution >= 0.6 is 11.8 Å². The van der Waals surface area contributed by atoms with Gasteiger partial charge in [-0.05, 0) is 49.0 Å². The molecule has 2 nitrogen and oxygen atoms in total. The van der Waals surface area contributed by atoms with Gasteiger partial charge in [0.05, 0.1) is 4.91 Å². The van der Waals surface area contributed by atoms with Gasteiger partial charge in [0, 0.05) is 16.0 Å². The third-order valence-corrected chi connectivity index (χ3v) is 8.70. The van der Waals surface area contributed by atoms with Crippen LogP contribution in [0.1, 0.15) is 148 Å². The van der Waals surface area contributed by atoms with Gasteiger partial charge < -0.3 is 0 Å². The second-order valence-electron chi connectivity index (χ2n) is 10.6. The molecule has 0 saturated heterocycles. The van der Waals surface area contributed by atoms with Crippen molar-refractivity contribution in [2.24, 2.45) is 0 Å². The molecule has 200 valence electrons. The van der Waals surface area contributed by atoms with Crippen molar-refractivity contribution in [1.29, 1.82) is 0 Å². The number of benzene rings is 2. The van der Waals surface area contributed by atoms with Crippen LogP contribution in [-0.2, 0) is 0 Å². The van der Waals surface area contributed by atoms with Crippen molar-refractivity contribution >= 4 is 29.4 Å². The number of carbonyl (C=O) groups is 2. The van der Waals surface area contributed by atoms with E-state index in [1.807, 2.05) is 42.5 Å². The number of Topliss-reactive ketones (excluding diaryl/α,β-unsaturated/α-hetero) is 2. The number of hydrogen-bond donors (Lipinski definition) is 0. The largest absolute Gasteiger partial charge is 0.294 e. The topological polar surface area (TPSA) is 34.1 Å². The maximum Gasteiger partial charge on any atom is 0.200 e. The number of allylic oxidation sites excluding steroid dienone is 1. The van der Waals surface area contributed by atoms with Crippen LogP contribution in [-0.4, -0.2) is 11.6 Å². The number of unbranched alkanes of at least 4 members (excludes halogenated alkanes) is 10. The van der Waals surface area contributed by atoms with Gasteiger partial charge in [-0.3, -0.25) is 9.59 Å². The standard InChI is InChI=1S/C34H46O2S/c1-4-6-7-8-9-10-11-12-13-14-18-22-28(19-5-2)29-23-24-30-33(36)31(25-27-20-16-15-17-21-27)37-34(30)32(29)26(3)35/h15-17,20-21,23-25,28H,4-14,18-19,22H2,1-3H3. The maximum atomic E-state index is 13.2. The second kappa shape index (κ2) is 16.0. The molecule has 3 heteroatoms. The molecule has 0 bridgehead atoms. The molecule has 3 rings (SSSR count). The van der Waals surface area contributed by atoms with E-state index in [1.54, 1.807) is 6.92 Å². The number of ketones is 2. The zero-order valence-electron chi connectivity index (χ0n) is 23.3. The van der Waals surface area contributed by atoms with Gasteiger partial charge in [0.15, 0.2) is 5.78 Å². The summed E-state index contributed by atoms with van der Waals surface area (Å²) in [4.78, 5) is 27.7. The van der Waals surface area contributed by atoms with E-state index >= 15 is 0 Å². The highest BCUT2D eigenvalue weighted by molar-refractivity contribution is 8.05. The molecule has 0 spiro atoms. The SMILES string of the molecule is CCCCCCCCCCCCCC(CCC)c1ccc2c(c1C(C)=O)SC(=Cc1ccccc1)C2=O. The molecule has 0 radical (unpaired) electrons. The van der Waals surface area contributed by atoms with Gasteiger partial charge in [-0.1, -0.05) is 139 Å². The van der Waals surface area contributed by atoms with Crippen molar-refractivity contribution in [3.8, 4) is 0 Å². The predicted octanol–water partition coefficient (Wildman–Crippen LogP) is 10.8. The van der Waals surface area contributed by atoms with Crippen molar-refractivity contribution in [3.05, 3.63) is 69.6 Å². The van der Waals surface area contributed by atoms with E-state index in [0.717, 1.165) is 40.8 Å². The normalized spacial score (nSPS) is 14.8. The highest BCUT2D eigenvalue weighted by Gasteiger charge is 2.32. The molecule has 1 aliphatic heterocycles. The fraction of sp³-hybridized carbons (Fsp3) is 0.529. The summed E-state index contributed by atoms with van der Waals surface area (Å²) in [6.45, 7) is 6.16. The molecule has 1 unspecified atom stereocenters. The molecule has 0 saturated carbocycles. The first-order chi connectivity index (χ1) is 18.1. The minimum atomic E-state index is 0.0373. The zero-order chi connectivity index (χ0) is 26.5. The van der Waals surface area contributed by atoms with Crippen molar-refractivity contribution in [2.75, 3.05) is 0 Å². The summed E-state index contributed by atoms with van der Waals surface area (Å²) < 4.78 is 0. The Labute approximate surface area is 229 Å². The summed E-state index contributed by atoms with van der Waals surface area (Å²) in [7, 11) is 0. The lowest BCUT2D eigenvalue weighted by Gasteiger charge is -2.21. The first-order valence-electron chi connectivity index (χ1n) is 14.7. The van der Waals surface area contributed by atoms with Crippen molar-refractivity contribution < 1.29 is 9.59 Å². The summed E-state index contributed by atoms with van der Waals surface area (Å²) in [5.41, 5.74) is 3.64. The van der Waals surface area contributed by atoms with E-state index < -0.39 is 0 Å². The van der Waals surface area contributed by atoms with Crippen LogP contribution in [0.4, 0.5) is 0 Å². The van der Waals surface area contributed by atoms with Crippen LogP contribution in [0.2, 0.25) is 0 Å². The van der Waals surface area contributed by atoms with Crippen LogP contribution in [0.25, 0.3) is 6.08 Å². The van der Waals surface area contributed by atoms with E-state index in [4.69, 9.17) is 0 Å². The lowest BCUT2D eigenvalue weighted by Crippen LogP contribution is -2.09. The van der Waals surface area contributed by atoms with Gasteiger partial charge in [-0.2, -0.15) is 0 Å². The highest BCUT2D eigenvalue weighted by Crippen LogP contribution is 2.46. The number of fused-ring (bicyclic) bond motifs is 1. The Morgan fingerprint density at radius 2 is 1.41 bits per heavy atom. The number of thioether (sulfide) groups is 1. The smallest absolute Gasteiger partial charge is 0.200 e. The molecule has 1 atom stereocenters. The third-order valence-electron chi connectivity index (χ3n) is 7.55. The Morgan fingerprint density at radius 3 is 2.00 bits per heavy atom. The fourth-order valence-electron chi connectivity index (χ4n) is 5.53. The minimum absolute atomic E-state index is 0.0373. The van der Waals surface area contributed by atoms with Crippen LogP contribution in [0.15, 0.2) is 52.3 Å². The van der Waals surface area contributed by atoms with Crippen LogP contribution < -0.4 is 0 Å². The summed E-state index contributed by atoms with van der Waals surface area (Å²) in [5, 5.41) is 0. The molecule has 0 aromatic heterocycles. The molecule has 0 fully saturated rings. The molecule has 1 aliphatic rings. The van der Waals surface area contributed by atoms with Gasteiger partial charge in [-0.15, -0.1) is 0 Å². The van der Waals surface area contributed by atoms with Gasteiger partial charge >= 0.3 is 0 Å². The Kier molecular flexibility index (Phi) is 12.7. The average molecular weight is 519 g/mol. The fourth-order valence-corrected chi connectivity index (χ4v) is 6.78. The van der Waals surface area contributed by atoms with Crippen molar-refractivity contribution in [3.63, 3.8) is 0 Å². The molecular weight excluding hydrogens is 472 g/mol. The number of carbonyl (C=O) groups excluding carboxylic acids is 2. The van der Waals surface area contributed by atoms with Crippen LogP contribution in [0, 0.1) is 0 Å². The monoisotopic (exact) mass is 518 g/mol. The average Bonchev–Trinajstić information content (AvgIpc) is 3.21. The first kappa shape index (κ1) is 29.4. The summed E-state index contributed by atoms with van der Waals surface area (Å²) in [6, 6.07) is 14.0. The molecule has 0 aliphatic carbocycles. The van der Waals surface area contributed by atoms with Gasteiger partial charge in [0.25, 0.3) is 0 Å². The Hall–Kier alpha value is -2.13. The molecule has 1 heterocycles. The lowest BCUT2D eigenvalue weighted by molar-refractivity contribution is 0.101. The lowest BCUT2D eigenvalue weighted by atomic mass is 9.84. The van der Waals surface area contributed by atoms with E-state index in [2.05, 4.69) is 19.9 Å². The maximum absolute atomic E-state index is 13.2. The highest BCUT2D eigenvalue weighted by atomic mass is 32.2. The van der Waals surface area contributed by atoms with Crippen LogP contribution in [0.5, 0.6) is 0 Å². The molecule has 0 N–H and O–H groups in total. The Morgan fingerprint density at radius 1 is 0.784 bits per heavy atom. The van der Waals surface area contributed by atoms with Crippen LogP contribution in [0.3, 0.4) is 0 Å². The minimum Gasteiger partial charge on any atom is -0.294 e. The molecule has 2 aromatic carbocycles. The van der Waals surface area contributed by atoms with Gasteiger partial charge in [0.1, 0.15) is 0 Å². The van der Waals surface area contributed by atoms with E-state index in [9.17, 15) is 9.59 Å². The quantitative estimate of drug-likeness (QED) is 0.119. The Balaban J connectivity index is 1.61. The molecule has 2 aromatic rings. The van der Waals surface area contributed by atoms with E-state index in [1.165, 1.54) is 82.4 Å². The summed E-state index contributed by atoms with van der Waals surface area (Å²) in [5.74, 6) is 0.495. The summed E-state index contributed by atoms with van der Waals surface area (Å²) >= 11 is 1.48.